The Balaban J connectivity index is 2.48. The summed E-state index contributed by atoms with van der Waals surface area (Å²) >= 11 is 3.46. The van der Waals surface area contributed by atoms with E-state index in [-0.39, 0.29) is 10.8 Å². The molecule has 0 bridgehead atoms. The minimum atomic E-state index is 0.120. The molecule has 0 aliphatic rings. The van der Waals surface area contributed by atoms with Crippen molar-refractivity contribution in [2.45, 2.75) is 52.4 Å². The van der Waals surface area contributed by atoms with E-state index in [4.69, 9.17) is 0 Å². The van der Waals surface area contributed by atoms with E-state index in [9.17, 15) is 0 Å². The second-order valence-electron chi connectivity index (χ2n) is 8.06. The maximum absolute atomic E-state index is 3.46. The first-order chi connectivity index (χ1) is 10.6. The van der Waals surface area contributed by atoms with Crippen molar-refractivity contribution in [3.05, 3.63) is 69.2 Å². The lowest BCUT2D eigenvalue weighted by Gasteiger charge is -2.25. The fourth-order valence-corrected chi connectivity index (χ4v) is 2.51. The van der Waals surface area contributed by atoms with Crippen LogP contribution in [0.3, 0.4) is 0 Å². The molecule has 0 spiro atoms. The van der Waals surface area contributed by atoms with Gasteiger partial charge in [0.1, 0.15) is 0 Å². The van der Waals surface area contributed by atoms with Gasteiger partial charge in [0, 0.05) is 15.6 Å². The van der Waals surface area contributed by atoms with Crippen LogP contribution in [0, 0.1) is 11.8 Å². The average molecular weight is 369 g/mol. The fraction of sp³-hybridized carbons (Fsp3) is 0.364. The van der Waals surface area contributed by atoms with E-state index in [1.54, 1.807) is 0 Å². The van der Waals surface area contributed by atoms with E-state index < -0.39 is 0 Å². The summed E-state index contributed by atoms with van der Waals surface area (Å²) in [6, 6.07) is 14.9. The molecule has 2 aromatic carbocycles. The Morgan fingerprint density at radius 1 is 0.652 bits per heavy atom. The van der Waals surface area contributed by atoms with Crippen LogP contribution in [0.1, 0.15) is 63.8 Å². The maximum Gasteiger partial charge on any atom is 0.0254 e. The number of hydrogen-bond donors (Lipinski definition) is 0. The van der Waals surface area contributed by atoms with E-state index in [0.717, 1.165) is 15.6 Å². The summed E-state index contributed by atoms with van der Waals surface area (Å²) in [5, 5.41) is 0. The maximum atomic E-state index is 3.46. The van der Waals surface area contributed by atoms with E-state index >= 15 is 0 Å². The summed E-state index contributed by atoms with van der Waals surface area (Å²) in [6.45, 7) is 13.5. The normalized spacial score (nSPS) is 11.8. The first-order valence-corrected chi connectivity index (χ1v) is 8.79. The Morgan fingerprint density at radius 3 is 1.52 bits per heavy atom. The molecule has 120 valence electrons. The van der Waals surface area contributed by atoms with Crippen molar-refractivity contribution in [2.24, 2.45) is 0 Å². The fourth-order valence-electron chi connectivity index (χ4n) is 2.24. The van der Waals surface area contributed by atoms with Gasteiger partial charge in [0.15, 0.2) is 0 Å². The highest BCUT2D eigenvalue weighted by Gasteiger charge is 2.20. The number of rotatable bonds is 0. The summed E-state index contributed by atoms with van der Waals surface area (Å²) < 4.78 is 1.08. The van der Waals surface area contributed by atoms with Crippen LogP contribution >= 0.6 is 15.9 Å². The van der Waals surface area contributed by atoms with E-state index in [1.807, 2.05) is 24.3 Å². The van der Waals surface area contributed by atoms with Crippen LogP contribution in [0.4, 0.5) is 0 Å². The van der Waals surface area contributed by atoms with Gasteiger partial charge in [-0.15, -0.1) is 0 Å². The third-order valence-electron chi connectivity index (χ3n) is 3.86. The quantitative estimate of drug-likeness (QED) is 0.469. The Labute approximate surface area is 149 Å². The smallest absolute Gasteiger partial charge is 0.0254 e. The van der Waals surface area contributed by atoms with Gasteiger partial charge in [0.2, 0.25) is 0 Å². The van der Waals surface area contributed by atoms with Crippen LogP contribution in [-0.2, 0) is 10.8 Å². The van der Waals surface area contributed by atoms with Crippen LogP contribution in [-0.4, -0.2) is 0 Å². The summed E-state index contributed by atoms with van der Waals surface area (Å²) in [4.78, 5) is 0. The van der Waals surface area contributed by atoms with Crippen LogP contribution in [0.5, 0.6) is 0 Å². The van der Waals surface area contributed by atoms with Gasteiger partial charge in [0.05, 0.1) is 0 Å². The van der Waals surface area contributed by atoms with Crippen LogP contribution in [0.2, 0.25) is 0 Å². The standard InChI is InChI=1S/C22H25Br/c1-21(2,3)18-13-17(14-19(15-18)22(4,5)6)8-7-16-9-11-20(23)12-10-16/h9-15H,1-6H3. The lowest BCUT2D eigenvalue weighted by atomic mass is 9.79. The summed E-state index contributed by atoms with van der Waals surface area (Å²) in [7, 11) is 0. The molecule has 0 aliphatic carbocycles. The zero-order chi connectivity index (χ0) is 17.3. The number of benzene rings is 2. The molecule has 2 rings (SSSR count). The minimum Gasteiger partial charge on any atom is -0.0617 e. The zero-order valence-electron chi connectivity index (χ0n) is 14.9. The van der Waals surface area contributed by atoms with Gasteiger partial charge in [-0.3, -0.25) is 0 Å². The molecule has 0 amide bonds. The highest BCUT2D eigenvalue weighted by Crippen LogP contribution is 2.30. The molecule has 0 saturated heterocycles. The van der Waals surface area contributed by atoms with Crippen LogP contribution in [0.15, 0.2) is 46.9 Å². The molecule has 0 nitrogen and oxygen atoms in total. The lowest BCUT2D eigenvalue weighted by molar-refractivity contribution is 0.568. The highest BCUT2D eigenvalue weighted by molar-refractivity contribution is 9.10. The first kappa shape index (κ1) is 17.8. The molecule has 0 radical (unpaired) electrons. The second-order valence-corrected chi connectivity index (χ2v) is 8.97. The van der Waals surface area contributed by atoms with Crippen molar-refractivity contribution in [1.29, 1.82) is 0 Å². The Hall–Kier alpha value is -1.52. The molecule has 0 heterocycles. The van der Waals surface area contributed by atoms with Gasteiger partial charge in [-0.05, 0) is 58.4 Å². The van der Waals surface area contributed by atoms with Crippen LogP contribution < -0.4 is 0 Å². The molecule has 0 saturated carbocycles. The van der Waals surface area contributed by atoms with Crippen LogP contribution in [0.25, 0.3) is 0 Å². The van der Waals surface area contributed by atoms with Gasteiger partial charge < -0.3 is 0 Å². The predicted octanol–water partition coefficient (Wildman–Crippen LogP) is 6.44. The van der Waals surface area contributed by atoms with Crippen molar-refractivity contribution >= 4 is 15.9 Å². The Bertz CT molecular complexity index is 710. The molecular weight excluding hydrogens is 344 g/mol. The largest absolute Gasteiger partial charge is 0.0617 e. The Kier molecular flexibility index (Phi) is 5.07. The molecule has 1 heteroatoms. The number of halogens is 1. The van der Waals surface area contributed by atoms with E-state index in [1.165, 1.54) is 11.1 Å². The van der Waals surface area contributed by atoms with Crippen molar-refractivity contribution in [3.63, 3.8) is 0 Å². The molecule has 0 unspecified atom stereocenters. The van der Waals surface area contributed by atoms with Gasteiger partial charge in [-0.1, -0.05) is 75.4 Å². The first-order valence-electron chi connectivity index (χ1n) is 7.99. The molecule has 2 aromatic rings. The van der Waals surface area contributed by atoms with Crippen molar-refractivity contribution in [1.82, 2.24) is 0 Å². The third-order valence-corrected chi connectivity index (χ3v) is 4.39. The molecular formula is C22H25Br. The van der Waals surface area contributed by atoms with Gasteiger partial charge in [-0.2, -0.15) is 0 Å². The van der Waals surface area contributed by atoms with E-state index in [0.29, 0.717) is 0 Å². The van der Waals surface area contributed by atoms with Gasteiger partial charge >= 0.3 is 0 Å². The number of hydrogen-bond acceptors (Lipinski definition) is 0. The topological polar surface area (TPSA) is 0 Å². The molecule has 0 aromatic heterocycles. The zero-order valence-corrected chi connectivity index (χ0v) is 16.5. The minimum absolute atomic E-state index is 0.120. The second kappa shape index (κ2) is 6.54. The average Bonchev–Trinajstić information content (AvgIpc) is 2.44. The molecule has 0 atom stereocenters. The SMILES string of the molecule is CC(C)(C)c1cc(C#Cc2ccc(Br)cc2)cc(C(C)(C)C)c1. The van der Waals surface area contributed by atoms with Crippen molar-refractivity contribution < 1.29 is 0 Å². The Morgan fingerprint density at radius 2 is 1.09 bits per heavy atom. The van der Waals surface area contributed by atoms with E-state index in [2.05, 4.69) is 87.5 Å². The third kappa shape index (κ3) is 4.98. The van der Waals surface area contributed by atoms with Gasteiger partial charge in [-0.25, -0.2) is 0 Å². The van der Waals surface area contributed by atoms with Crippen molar-refractivity contribution in [2.75, 3.05) is 0 Å². The molecule has 0 aliphatic heterocycles. The lowest BCUT2D eigenvalue weighted by Crippen LogP contribution is -2.16. The molecule has 23 heavy (non-hydrogen) atoms. The molecule has 0 fully saturated rings. The monoisotopic (exact) mass is 368 g/mol. The molecule has 0 N–H and O–H groups in total. The summed E-state index contributed by atoms with van der Waals surface area (Å²) in [5.74, 6) is 6.61. The highest BCUT2D eigenvalue weighted by atomic mass is 79.9. The van der Waals surface area contributed by atoms with Gasteiger partial charge in [0.25, 0.3) is 0 Å². The summed E-state index contributed by atoms with van der Waals surface area (Å²) in [6.07, 6.45) is 0. The predicted molar refractivity (Wildman–Crippen MR) is 104 cm³/mol. The summed E-state index contributed by atoms with van der Waals surface area (Å²) in [5.41, 5.74) is 5.04. The van der Waals surface area contributed by atoms with Crippen molar-refractivity contribution in [3.8, 4) is 11.8 Å².